The minimum Gasteiger partial charge on any atom is -0.478 e. The van der Waals surface area contributed by atoms with Gasteiger partial charge in [-0.3, -0.25) is 4.79 Å². The van der Waals surface area contributed by atoms with Gasteiger partial charge in [0, 0.05) is 15.4 Å². The highest BCUT2D eigenvalue weighted by atomic mass is 79.9. The normalized spacial score (nSPS) is 10.5. The van der Waals surface area contributed by atoms with Gasteiger partial charge in [0.25, 0.3) is 5.91 Å². The Balaban J connectivity index is 1.94. The summed E-state index contributed by atoms with van der Waals surface area (Å²) in [6, 6.07) is 14.5. The van der Waals surface area contributed by atoms with Crippen molar-refractivity contribution in [3.05, 3.63) is 75.1 Å². The summed E-state index contributed by atoms with van der Waals surface area (Å²) in [5, 5.41) is 14.0. The number of hydrogen-bond donors (Lipinski definition) is 2. The molecule has 4 nitrogen and oxygen atoms in total. The zero-order valence-electron chi connectivity index (χ0n) is 13.2. The lowest BCUT2D eigenvalue weighted by molar-refractivity contribution is 0.0699. The number of halogens is 1. The van der Waals surface area contributed by atoms with Gasteiger partial charge in [0.15, 0.2) is 0 Å². The van der Waals surface area contributed by atoms with E-state index in [2.05, 4.69) is 21.2 Å². The molecule has 0 spiro atoms. The van der Waals surface area contributed by atoms with Crippen LogP contribution < -0.4 is 5.32 Å². The van der Waals surface area contributed by atoms with Gasteiger partial charge in [-0.15, -0.1) is 11.3 Å². The molecule has 0 saturated heterocycles. The van der Waals surface area contributed by atoms with Crippen molar-refractivity contribution in [3.63, 3.8) is 0 Å². The Morgan fingerprint density at radius 3 is 2.28 bits per heavy atom. The monoisotopic (exact) mass is 415 g/mol. The molecule has 0 radical (unpaired) electrons. The van der Waals surface area contributed by atoms with Crippen LogP contribution >= 0.6 is 27.3 Å². The summed E-state index contributed by atoms with van der Waals surface area (Å²) >= 11 is 4.66. The summed E-state index contributed by atoms with van der Waals surface area (Å²) < 4.78 is 0.914. The van der Waals surface area contributed by atoms with Crippen molar-refractivity contribution in [2.24, 2.45) is 0 Å². The number of aromatic carboxylic acids is 1. The maximum Gasteiger partial charge on any atom is 0.339 e. The zero-order valence-corrected chi connectivity index (χ0v) is 15.6. The van der Waals surface area contributed by atoms with E-state index in [0.29, 0.717) is 16.1 Å². The van der Waals surface area contributed by atoms with Crippen LogP contribution in [0.4, 0.5) is 5.69 Å². The van der Waals surface area contributed by atoms with Gasteiger partial charge in [-0.1, -0.05) is 45.8 Å². The van der Waals surface area contributed by atoms with Crippen molar-refractivity contribution < 1.29 is 14.7 Å². The van der Waals surface area contributed by atoms with E-state index in [9.17, 15) is 14.7 Å². The van der Waals surface area contributed by atoms with Gasteiger partial charge in [-0.2, -0.15) is 0 Å². The number of carboxylic acid groups (broad SMARTS) is 1. The molecule has 126 valence electrons. The largest absolute Gasteiger partial charge is 0.478 e. The maximum atomic E-state index is 12.4. The Morgan fingerprint density at radius 2 is 1.68 bits per heavy atom. The van der Waals surface area contributed by atoms with Crippen LogP contribution in [0.3, 0.4) is 0 Å². The second-order valence-electron chi connectivity index (χ2n) is 5.49. The van der Waals surface area contributed by atoms with E-state index in [1.165, 1.54) is 11.3 Å². The molecular weight excluding hydrogens is 402 g/mol. The molecule has 3 rings (SSSR count). The third-order valence-electron chi connectivity index (χ3n) is 3.67. The number of thiophene rings is 1. The molecule has 2 aromatic carbocycles. The van der Waals surface area contributed by atoms with E-state index in [1.807, 2.05) is 43.3 Å². The van der Waals surface area contributed by atoms with E-state index in [-0.39, 0.29) is 11.5 Å². The van der Waals surface area contributed by atoms with Crippen LogP contribution in [0.25, 0.3) is 10.4 Å². The molecule has 0 saturated carbocycles. The number of amides is 1. The Hall–Kier alpha value is -2.44. The highest BCUT2D eigenvalue weighted by Gasteiger charge is 2.21. The summed E-state index contributed by atoms with van der Waals surface area (Å²) in [6.45, 7) is 1.94. The molecule has 0 atom stereocenters. The fourth-order valence-corrected chi connectivity index (χ4v) is 3.64. The molecule has 1 amide bonds. The number of anilines is 1. The summed E-state index contributed by atoms with van der Waals surface area (Å²) in [4.78, 5) is 24.7. The van der Waals surface area contributed by atoms with Crippen LogP contribution in [0.2, 0.25) is 0 Å². The first-order valence-electron chi connectivity index (χ1n) is 7.44. The van der Waals surface area contributed by atoms with Gasteiger partial charge in [0.2, 0.25) is 0 Å². The Kier molecular flexibility index (Phi) is 5.01. The van der Waals surface area contributed by atoms with E-state index in [1.54, 1.807) is 17.5 Å². The first-order chi connectivity index (χ1) is 12.0. The van der Waals surface area contributed by atoms with Crippen molar-refractivity contribution in [1.82, 2.24) is 0 Å². The average molecular weight is 416 g/mol. The Morgan fingerprint density at radius 1 is 1.04 bits per heavy atom. The van der Waals surface area contributed by atoms with Gasteiger partial charge >= 0.3 is 5.97 Å². The second-order valence-corrected chi connectivity index (χ2v) is 7.28. The molecule has 0 aliphatic rings. The molecule has 6 heteroatoms. The number of benzene rings is 2. The number of carbonyl (C=O) groups excluding carboxylic acids is 1. The molecule has 0 unspecified atom stereocenters. The second kappa shape index (κ2) is 7.21. The Bertz CT molecular complexity index is 930. The summed E-state index contributed by atoms with van der Waals surface area (Å²) in [7, 11) is 0. The molecular formula is C19H14BrNO3S. The topological polar surface area (TPSA) is 66.4 Å². The molecule has 0 aliphatic carbocycles. The number of carboxylic acids is 1. The fourth-order valence-electron chi connectivity index (χ4n) is 2.38. The quantitative estimate of drug-likeness (QED) is 0.596. The number of hydrogen-bond acceptors (Lipinski definition) is 3. The first-order valence-corrected chi connectivity index (χ1v) is 9.11. The van der Waals surface area contributed by atoms with Crippen LogP contribution in [0.1, 0.15) is 26.3 Å². The van der Waals surface area contributed by atoms with Crippen molar-refractivity contribution >= 4 is 44.8 Å². The predicted octanol–water partition coefficient (Wildman–Crippen LogP) is 5.44. The summed E-state index contributed by atoms with van der Waals surface area (Å²) in [5.41, 5.74) is 2.74. The van der Waals surface area contributed by atoms with Gasteiger partial charge in [0.05, 0.1) is 10.6 Å². The first kappa shape index (κ1) is 17.4. The van der Waals surface area contributed by atoms with Crippen molar-refractivity contribution in [1.29, 1.82) is 0 Å². The maximum absolute atomic E-state index is 12.4. The number of nitrogens with one attached hydrogen (secondary N) is 1. The van der Waals surface area contributed by atoms with Crippen LogP contribution in [0.15, 0.2) is 58.4 Å². The molecule has 1 aromatic heterocycles. The molecule has 0 fully saturated rings. The average Bonchev–Trinajstić information content (AvgIpc) is 3.00. The lowest BCUT2D eigenvalue weighted by Crippen LogP contribution is -2.14. The van der Waals surface area contributed by atoms with Crippen molar-refractivity contribution in [3.8, 4) is 10.4 Å². The standard InChI is InChI=1S/C19H14BrNO3S/c1-11-2-4-13(5-3-11)18(22)21-15-10-25-17(16(15)19(23)24)12-6-8-14(20)9-7-12/h2-10H,1H3,(H,21,22)(H,23,24). The van der Waals surface area contributed by atoms with Crippen LogP contribution in [0.5, 0.6) is 0 Å². The van der Waals surface area contributed by atoms with Crippen LogP contribution in [-0.4, -0.2) is 17.0 Å². The summed E-state index contributed by atoms with van der Waals surface area (Å²) in [6.07, 6.45) is 0. The van der Waals surface area contributed by atoms with Gasteiger partial charge in [0.1, 0.15) is 5.56 Å². The van der Waals surface area contributed by atoms with Crippen molar-refractivity contribution in [2.45, 2.75) is 6.92 Å². The third-order valence-corrected chi connectivity index (χ3v) is 5.23. The minimum atomic E-state index is -1.07. The Labute approximate surface area is 157 Å². The van der Waals surface area contributed by atoms with Gasteiger partial charge < -0.3 is 10.4 Å². The van der Waals surface area contributed by atoms with Gasteiger partial charge in [-0.25, -0.2) is 4.79 Å². The number of aryl methyl sites for hydroxylation is 1. The van der Waals surface area contributed by atoms with E-state index < -0.39 is 5.97 Å². The highest BCUT2D eigenvalue weighted by Crippen LogP contribution is 2.36. The van der Waals surface area contributed by atoms with Crippen molar-refractivity contribution in [2.75, 3.05) is 5.32 Å². The lowest BCUT2D eigenvalue weighted by Gasteiger charge is -2.07. The SMILES string of the molecule is Cc1ccc(C(=O)Nc2csc(-c3ccc(Br)cc3)c2C(=O)O)cc1. The minimum absolute atomic E-state index is 0.104. The van der Waals surface area contributed by atoms with Gasteiger partial charge in [-0.05, 0) is 36.8 Å². The third kappa shape index (κ3) is 3.81. The molecule has 1 heterocycles. The van der Waals surface area contributed by atoms with E-state index in [0.717, 1.165) is 15.6 Å². The molecule has 25 heavy (non-hydrogen) atoms. The molecule has 0 aliphatic heterocycles. The molecule has 2 N–H and O–H groups in total. The van der Waals surface area contributed by atoms with E-state index in [4.69, 9.17) is 0 Å². The predicted molar refractivity (Wildman–Crippen MR) is 104 cm³/mol. The fraction of sp³-hybridized carbons (Fsp3) is 0.0526. The zero-order chi connectivity index (χ0) is 18.0. The molecule has 0 bridgehead atoms. The van der Waals surface area contributed by atoms with Crippen LogP contribution in [0, 0.1) is 6.92 Å². The number of carbonyl (C=O) groups is 2. The lowest BCUT2D eigenvalue weighted by atomic mass is 10.1. The highest BCUT2D eigenvalue weighted by molar-refractivity contribution is 9.10. The summed E-state index contributed by atoms with van der Waals surface area (Å²) in [5.74, 6) is -1.40. The smallest absolute Gasteiger partial charge is 0.339 e. The number of rotatable bonds is 4. The molecule has 3 aromatic rings. The van der Waals surface area contributed by atoms with E-state index >= 15 is 0 Å². The van der Waals surface area contributed by atoms with Crippen LogP contribution in [-0.2, 0) is 0 Å².